The molecule has 0 saturated carbocycles. The Balaban J connectivity index is 5.21. The third kappa shape index (κ3) is 69.0. The second-order valence-electron chi connectivity index (χ2n) is 28.1. The van der Waals surface area contributed by atoms with Gasteiger partial charge in [0, 0.05) is 25.7 Å². The van der Waals surface area contributed by atoms with Gasteiger partial charge in [0.05, 0.1) is 26.4 Å². The molecule has 0 aromatic carbocycles. The first-order valence-electron chi connectivity index (χ1n) is 39.5. The largest absolute Gasteiger partial charge is 0.472 e. The molecule has 0 aliphatic carbocycles. The van der Waals surface area contributed by atoms with Gasteiger partial charge in [-0.2, -0.15) is 0 Å². The van der Waals surface area contributed by atoms with Crippen LogP contribution in [0.4, 0.5) is 0 Å². The van der Waals surface area contributed by atoms with Crippen molar-refractivity contribution in [3.8, 4) is 0 Å². The highest BCUT2D eigenvalue weighted by molar-refractivity contribution is 7.47. The van der Waals surface area contributed by atoms with Crippen LogP contribution < -0.4 is 0 Å². The zero-order valence-electron chi connectivity index (χ0n) is 62.0. The summed E-state index contributed by atoms with van der Waals surface area (Å²) >= 11 is 0. The smallest absolute Gasteiger partial charge is 0.462 e. The molecule has 0 aliphatic rings. The fraction of sp³-hybridized carbons (Fsp3) is 0.947. The van der Waals surface area contributed by atoms with E-state index >= 15 is 0 Å². The van der Waals surface area contributed by atoms with E-state index in [1.165, 1.54) is 205 Å². The van der Waals surface area contributed by atoms with Gasteiger partial charge in [0.15, 0.2) is 12.2 Å². The predicted molar refractivity (Wildman–Crippen MR) is 386 cm³/mol. The van der Waals surface area contributed by atoms with Crippen molar-refractivity contribution < 1.29 is 80.2 Å². The highest BCUT2D eigenvalue weighted by Crippen LogP contribution is 2.45. The van der Waals surface area contributed by atoms with Crippen molar-refractivity contribution in [3.63, 3.8) is 0 Å². The van der Waals surface area contributed by atoms with Crippen LogP contribution in [0.3, 0.4) is 0 Å². The average Bonchev–Trinajstić information content (AvgIpc) is 2.03. The Morgan fingerprint density at radius 2 is 0.537 bits per heavy atom. The van der Waals surface area contributed by atoms with Gasteiger partial charge >= 0.3 is 39.5 Å². The van der Waals surface area contributed by atoms with Gasteiger partial charge in [-0.1, -0.05) is 343 Å². The highest BCUT2D eigenvalue weighted by Gasteiger charge is 2.30. The molecular weight excluding hydrogens is 1250 g/mol. The maximum Gasteiger partial charge on any atom is 0.472 e. The van der Waals surface area contributed by atoms with Gasteiger partial charge in [0.1, 0.15) is 19.3 Å². The maximum absolute atomic E-state index is 13.1. The summed E-state index contributed by atoms with van der Waals surface area (Å²) < 4.78 is 68.5. The van der Waals surface area contributed by atoms with Crippen LogP contribution >= 0.6 is 15.6 Å². The van der Waals surface area contributed by atoms with Gasteiger partial charge in [-0.05, 0) is 37.5 Å². The Labute approximate surface area is 581 Å². The van der Waals surface area contributed by atoms with Gasteiger partial charge in [-0.25, -0.2) is 9.13 Å². The van der Waals surface area contributed by atoms with Gasteiger partial charge in [-0.3, -0.25) is 37.3 Å². The zero-order valence-corrected chi connectivity index (χ0v) is 63.8. The number of phosphoric acid groups is 2. The summed E-state index contributed by atoms with van der Waals surface area (Å²) in [7, 11) is -9.91. The number of hydrogen-bond acceptors (Lipinski definition) is 15. The van der Waals surface area contributed by atoms with E-state index in [2.05, 4.69) is 41.5 Å². The molecule has 3 N–H and O–H groups in total. The molecular formula is C76H148O17P2. The number of rotatable bonds is 75. The van der Waals surface area contributed by atoms with Gasteiger partial charge in [0.2, 0.25) is 0 Å². The number of ether oxygens (including phenoxy) is 4. The lowest BCUT2D eigenvalue weighted by Crippen LogP contribution is -2.30. The van der Waals surface area contributed by atoms with Gasteiger partial charge < -0.3 is 33.8 Å². The minimum absolute atomic E-state index is 0.108. The van der Waals surface area contributed by atoms with E-state index in [4.69, 9.17) is 37.0 Å². The zero-order chi connectivity index (χ0) is 70.0. The molecule has 0 aromatic rings. The summed E-state index contributed by atoms with van der Waals surface area (Å²) in [6, 6.07) is 0. The van der Waals surface area contributed by atoms with Crippen LogP contribution in [0.5, 0.6) is 0 Å². The topological polar surface area (TPSA) is 237 Å². The molecule has 0 aliphatic heterocycles. The first-order chi connectivity index (χ1) is 45.9. The summed E-state index contributed by atoms with van der Waals surface area (Å²) in [5.74, 6) is -0.498. The number of hydrogen-bond donors (Lipinski definition) is 3. The molecule has 0 amide bonds. The number of aliphatic hydroxyl groups is 1. The van der Waals surface area contributed by atoms with Crippen LogP contribution in [0.2, 0.25) is 0 Å². The summed E-state index contributed by atoms with van der Waals surface area (Å²) in [6.45, 7) is 9.63. The van der Waals surface area contributed by atoms with E-state index in [1.807, 2.05) is 0 Å². The number of carbonyl (C=O) groups excluding carboxylic acids is 4. The molecule has 19 heteroatoms. The number of unbranched alkanes of at least 4 members (excludes halogenated alkanes) is 44. The van der Waals surface area contributed by atoms with Gasteiger partial charge in [0.25, 0.3) is 0 Å². The number of carbonyl (C=O) groups is 4. The number of esters is 4. The SMILES string of the molecule is CCCCCCCCCCCCCCCCC(=O)O[C@H](COC(=O)CCCCCCCCCC)COP(=O)(O)OC[C@H](O)COP(=O)(O)OC[C@@H](COC(=O)CCCCCCCCCCCCC(C)CC)OC(=O)CCCCCCCCCCCCCCCCCCC(C)C. The Morgan fingerprint density at radius 3 is 0.800 bits per heavy atom. The third-order valence-electron chi connectivity index (χ3n) is 18.1. The summed E-state index contributed by atoms with van der Waals surface area (Å²) in [5, 5.41) is 10.6. The molecule has 0 radical (unpaired) electrons. The van der Waals surface area contributed by atoms with Crippen LogP contribution in [0.15, 0.2) is 0 Å². The molecule has 17 nitrogen and oxygen atoms in total. The van der Waals surface area contributed by atoms with Crippen molar-refractivity contribution in [2.24, 2.45) is 11.8 Å². The average molecular weight is 1400 g/mol. The lowest BCUT2D eigenvalue weighted by molar-refractivity contribution is -0.161. The van der Waals surface area contributed by atoms with Crippen LogP contribution in [-0.4, -0.2) is 96.7 Å². The Morgan fingerprint density at radius 1 is 0.305 bits per heavy atom. The summed E-state index contributed by atoms with van der Waals surface area (Å²) in [6.07, 6.45) is 55.4. The molecule has 564 valence electrons. The van der Waals surface area contributed by atoms with Crippen molar-refractivity contribution in [1.82, 2.24) is 0 Å². The fourth-order valence-corrected chi connectivity index (χ4v) is 13.2. The van der Waals surface area contributed by atoms with Crippen molar-refractivity contribution in [1.29, 1.82) is 0 Å². The Hall–Kier alpha value is -1.94. The second kappa shape index (κ2) is 67.9. The van der Waals surface area contributed by atoms with E-state index in [1.54, 1.807) is 0 Å². The second-order valence-corrected chi connectivity index (χ2v) is 31.0. The van der Waals surface area contributed by atoms with Crippen LogP contribution in [-0.2, 0) is 65.4 Å². The molecule has 0 bridgehead atoms. The number of aliphatic hydroxyl groups excluding tert-OH is 1. The van der Waals surface area contributed by atoms with Crippen LogP contribution in [0.1, 0.15) is 395 Å². The minimum Gasteiger partial charge on any atom is -0.462 e. The fourth-order valence-electron chi connectivity index (χ4n) is 11.6. The molecule has 0 spiro atoms. The van der Waals surface area contributed by atoms with E-state index in [-0.39, 0.29) is 25.7 Å². The first-order valence-corrected chi connectivity index (χ1v) is 42.5. The van der Waals surface area contributed by atoms with Crippen LogP contribution in [0, 0.1) is 11.8 Å². The molecule has 0 saturated heterocycles. The van der Waals surface area contributed by atoms with E-state index in [9.17, 15) is 43.2 Å². The Bertz CT molecular complexity index is 1840. The van der Waals surface area contributed by atoms with E-state index in [0.717, 1.165) is 108 Å². The normalized spacial score (nSPS) is 14.3. The highest BCUT2D eigenvalue weighted by atomic mass is 31.2. The predicted octanol–water partition coefficient (Wildman–Crippen LogP) is 22.3. The third-order valence-corrected chi connectivity index (χ3v) is 20.0. The molecule has 6 atom stereocenters. The standard InChI is InChI=1S/C76H148O17P2/c1-7-10-12-14-16-18-19-20-26-29-36-42-48-54-60-75(80)92-71(64-86-73(78)58-52-46-40-17-15-13-11-8-2)66-90-94(82,83)88-62-70(77)63-89-95(84,85)91-67-72(65-87-74(79)59-53-47-41-35-32-31-34-39-45-51-57-69(6)9-3)93-76(81)61-55-49-43-37-30-27-24-22-21-23-25-28-33-38-44-50-56-68(4)5/h68-72,77H,7-67H2,1-6H3,(H,82,83)(H,84,85)/t69?,70-,71+,72+/m0/s1. The monoisotopic (exact) mass is 1400 g/mol. The number of phosphoric ester groups is 2. The maximum atomic E-state index is 13.1. The summed E-state index contributed by atoms with van der Waals surface area (Å²) in [4.78, 5) is 72.7. The van der Waals surface area contributed by atoms with E-state index < -0.39 is 97.5 Å². The Kier molecular flexibility index (Phi) is 66.5. The lowest BCUT2D eigenvalue weighted by atomic mass is 9.99. The van der Waals surface area contributed by atoms with Crippen molar-refractivity contribution in [2.45, 2.75) is 413 Å². The first kappa shape index (κ1) is 93.1. The molecule has 0 rings (SSSR count). The quantitative estimate of drug-likeness (QED) is 0.0222. The van der Waals surface area contributed by atoms with Crippen molar-refractivity contribution in [2.75, 3.05) is 39.6 Å². The van der Waals surface area contributed by atoms with Crippen LogP contribution in [0.25, 0.3) is 0 Å². The van der Waals surface area contributed by atoms with E-state index in [0.29, 0.717) is 25.7 Å². The molecule has 95 heavy (non-hydrogen) atoms. The molecule has 0 heterocycles. The van der Waals surface area contributed by atoms with Gasteiger partial charge in [-0.15, -0.1) is 0 Å². The molecule has 0 fully saturated rings. The lowest BCUT2D eigenvalue weighted by Gasteiger charge is -2.21. The molecule has 3 unspecified atom stereocenters. The summed E-state index contributed by atoms with van der Waals surface area (Å²) in [5.41, 5.74) is 0. The van der Waals surface area contributed by atoms with Crippen molar-refractivity contribution >= 4 is 39.5 Å². The molecule has 0 aromatic heterocycles. The minimum atomic E-state index is -4.96. The van der Waals surface area contributed by atoms with Crippen molar-refractivity contribution in [3.05, 3.63) is 0 Å².